The largest absolute Gasteiger partial charge is 0.315 e. The number of hydrogen-bond acceptors (Lipinski definition) is 5. The van der Waals surface area contributed by atoms with Crippen LogP contribution in [0.25, 0.3) is 0 Å². The summed E-state index contributed by atoms with van der Waals surface area (Å²) in [4.78, 5) is 5.01. The number of nitrogens with zero attached hydrogens (tertiary/aromatic N) is 1. The van der Waals surface area contributed by atoms with Crippen LogP contribution in [0, 0.1) is 6.92 Å². The zero-order chi connectivity index (χ0) is 13.9. The molecule has 2 heterocycles. The van der Waals surface area contributed by atoms with Crippen molar-refractivity contribution in [3.63, 3.8) is 0 Å². The maximum absolute atomic E-state index is 12.2. The van der Waals surface area contributed by atoms with Crippen molar-refractivity contribution < 1.29 is 8.42 Å². The zero-order valence-corrected chi connectivity index (χ0v) is 12.3. The molecule has 0 bridgehead atoms. The number of hydrogen-bond donors (Lipinski definition) is 2. The van der Waals surface area contributed by atoms with Gasteiger partial charge in [-0.2, -0.15) is 0 Å². The molecule has 0 unspecified atom stereocenters. The van der Waals surface area contributed by atoms with E-state index in [9.17, 15) is 8.42 Å². The first-order chi connectivity index (χ1) is 9.01. The maximum atomic E-state index is 12.2. The maximum Gasteiger partial charge on any atom is 0.271 e. The number of aryl methyl sites for hydroxylation is 1. The van der Waals surface area contributed by atoms with Crippen molar-refractivity contribution >= 4 is 27.0 Å². The number of sulfonamides is 1. The molecule has 2 rings (SSSR count). The molecular formula is C12H15N3O2S2. The van der Waals surface area contributed by atoms with Crippen LogP contribution in [0.15, 0.2) is 34.7 Å². The molecule has 0 amide bonds. The lowest BCUT2D eigenvalue weighted by atomic mass is 10.3. The quantitative estimate of drug-likeness (QED) is 0.885. The molecule has 102 valence electrons. The first kappa shape index (κ1) is 14.0. The van der Waals surface area contributed by atoms with Crippen molar-refractivity contribution in [2.75, 3.05) is 11.8 Å². The molecule has 0 aromatic carbocycles. The van der Waals surface area contributed by atoms with Gasteiger partial charge < -0.3 is 5.32 Å². The fraction of sp³-hybridized carbons (Fsp3) is 0.250. The van der Waals surface area contributed by atoms with Crippen LogP contribution in [0.4, 0.5) is 5.69 Å². The predicted octanol–water partition coefficient (Wildman–Crippen LogP) is 1.97. The van der Waals surface area contributed by atoms with E-state index >= 15 is 0 Å². The Morgan fingerprint density at radius 1 is 1.32 bits per heavy atom. The van der Waals surface area contributed by atoms with E-state index in [1.165, 1.54) is 11.3 Å². The van der Waals surface area contributed by atoms with Crippen LogP contribution >= 0.6 is 11.3 Å². The van der Waals surface area contributed by atoms with Crippen molar-refractivity contribution in [2.24, 2.45) is 0 Å². The van der Waals surface area contributed by atoms with Crippen LogP contribution in [0.3, 0.4) is 0 Å². The number of thiophene rings is 1. The lowest BCUT2D eigenvalue weighted by Crippen LogP contribution is -2.11. The molecule has 0 fully saturated rings. The summed E-state index contributed by atoms with van der Waals surface area (Å²) in [5, 5.41) is 2.99. The monoisotopic (exact) mass is 297 g/mol. The molecule has 19 heavy (non-hydrogen) atoms. The van der Waals surface area contributed by atoms with Crippen molar-refractivity contribution in [1.29, 1.82) is 0 Å². The normalized spacial score (nSPS) is 11.5. The van der Waals surface area contributed by atoms with Crippen LogP contribution in [0.2, 0.25) is 0 Å². The predicted molar refractivity (Wildman–Crippen MR) is 76.9 cm³/mol. The average molecular weight is 297 g/mol. The van der Waals surface area contributed by atoms with Crippen LogP contribution in [-0.4, -0.2) is 20.4 Å². The van der Waals surface area contributed by atoms with Gasteiger partial charge in [0.1, 0.15) is 4.21 Å². The van der Waals surface area contributed by atoms with Gasteiger partial charge in [0, 0.05) is 23.3 Å². The summed E-state index contributed by atoms with van der Waals surface area (Å²) in [7, 11) is -1.69. The summed E-state index contributed by atoms with van der Waals surface area (Å²) in [5.41, 5.74) is 1.29. The average Bonchev–Trinajstić information content (AvgIpc) is 2.78. The van der Waals surface area contributed by atoms with Gasteiger partial charge in [-0.05, 0) is 38.2 Å². The van der Waals surface area contributed by atoms with Gasteiger partial charge in [-0.3, -0.25) is 9.71 Å². The Morgan fingerprint density at radius 2 is 2.11 bits per heavy atom. The van der Waals surface area contributed by atoms with E-state index in [0.717, 1.165) is 10.6 Å². The fourth-order valence-electron chi connectivity index (χ4n) is 1.59. The van der Waals surface area contributed by atoms with Gasteiger partial charge >= 0.3 is 0 Å². The van der Waals surface area contributed by atoms with Crippen molar-refractivity contribution in [1.82, 2.24) is 10.3 Å². The molecule has 0 radical (unpaired) electrons. The Bertz CT molecular complexity index is 665. The molecule has 0 spiro atoms. The van der Waals surface area contributed by atoms with Crippen molar-refractivity contribution in [3.8, 4) is 0 Å². The Labute approximate surface area is 116 Å². The number of aromatic nitrogens is 1. The Kier molecular flexibility index (Phi) is 4.18. The minimum Gasteiger partial charge on any atom is -0.315 e. The second-order valence-corrected chi connectivity index (χ2v) is 7.12. The number of nitrogens with one attached hydrogen (secondary N) is 2. The molecule has 0 aliphatic rings. The molecule has 0 aliphatic heterocycles. The second-order valence-electron chi connectivity index (χ2n) is 4.04. The Balaban J connectivity index is 2.22. The van der Waals surface area contributed by atoms with E-state index in [1.54, 1.807) is 24.4 Å². The Hall–Kier alpha value is -1.44. The molecule has 0 saturated carbocycles. The molecule has 0 saturated heterocycles. The number of rotatable bonds is 5. The van der Waals surface area contributed by atoms with Crippen LogP contribution in [-0.2, 0) is 16.6 Å². The summed E-state index contributed by atoms with van der Waals surface area (Å²) >= 11 is 1.26. The highest BCUT2D eigenvalue weighted by atomic mass is 32.2. The molecular weight excluding hydrogens is 282 g/mol. The first-order valence-electron chi connectivity index (χ1n) is 5.70. The summed E-state index contributed by atoms with van der Waals surface area (Å²) in [6.07, 6.45) is 1.58. The van der Waals surface area contributed by atoms with E-state index in [1.807, 2.05) is 20.0 Å². The third-order valence-corrected chi connectivity index (χ3v) is 5.36. The molecule has 7 heteroatoms. The SMILES string of the molecule is CNCc1ccc(S(=O)(=O)Nc2ccnc(C)c2)s1. The van der Waals surface area contributed by atoms with Gasteiger partial charge in [0.25, 0.3) is 10.0 Å². The smallest absolute Gasteiger partial charge is 0.271 e. The lowest BCUT2D eigenvalue weighted by Gasteiger charge is -2.06. The summed E-state index contributed by atoms with van der Waals surface area (Å²) in [6, 6.07) is 6.76. The molecule has 5 nitrogen and oxygen atoms in total. The standard InChI is InChI=1S/C12H15N3O2S2/c1-9-7-10(5-6-14-9)15-19(16,17)12-4-3-11(18-12)8-13-2/h3-7,13H,8H2,1-2H3,(H,14,15). The molecule has 0 aliphatic carbocycles. The van der Waals surface area contributed by atoms with E-state index in [-0.39, 0.29) is 0 Å². The third-order valence-electron chi connectivity index (χ3n) is 2.40. The fourth-order valence-corrected chi connectivity index (χ4v) is 4.00. The van der Waals surface area contributed by atoms with Crippen molar-refractivity contribution in [3.05, 3.63) is 41.0 Å². The highest BCUT2D eigenvalue weighted by Gasteiger charge is 2.16. The molecule has 2 aromatic rings. The third kappa shape index (κ3) is 3.52. The minimum absolute atomic E-state index is 0.312. The number of pyridine rings is 1. The van der Waals surface area contributed by atoms with Crippen LogP contribution in [0.1, 0.15) is 10.6 Å². The van der Waals surface area contributed by atoms with E-state index < -0.39 is 10.0 Å². The van der Waals surface area contributed by atoms with E-state index in [0.29, 0.717) is 16.4 Å². The summed E-state index contributed by atoms with van der Waals surface area (Å²) in [5.74, 6) is 0. The number of anilines is 1. The highest BCUT2D eigenvalue weighted by molar-refractivity contribution is 7.94. The van der Waals surface area contributed by atoms with Gasteiger partial charge in [0.2, 0.25) is 0 Å². The van der Waals surface area contributed by atoms with Gasteiger partial charge in [-0.15, -0.1) is 11.3 Å². The van der Waals surface area contributed by atoms with Crippen LogP contribution < -0.4 is 10.0 Å². The Morgan fingerprint density at radius 3 is 2.79 bits per heavy atom. The van der Waals surface area contributed by atoms with Gasteiger partial charge in [0.05, 0.1) is 5.69 Å². The molecule has 2 aromatic heterocycles. The highest BCUT2D eigenvalue weighted by Crippen LogP contribution is 2.24. The summed E-state index contributed by atoms with van der Waals surface area (Å²) < 4.78 is 27.2. The van der Waals surface area contributed by atoms with Crippen molar-refractivity contribution in [2.45, 2.75) is 17.7 Å². The topological polar surface area (TPSA) is 71.1 Å². The first-order valence-corrected chi connectivity index (χ1v) is 8.00. The van der Waals surface area contributed by atoms with Gasteiger partial charge in [0.15, 0.2) is 0 Å². The molecule has 2 N–H and O–H groups in total. The lowest BCUT2D eigenvalue weighted by molar-refractivity contribution is 0.603. The summed E-state index contributed by atoms with van der Waals surface area (Å²) in [6.45, 7) is 2.47. The second kappa shape index (κ2) is 5.68. The zero-order valence-electron chi connectivity index (χ0n) is 10.7. The minimum atomic E-state index is -3.51. The van der Waals surface area contributed by atoms with E-state index in [2.05, 4.69) is 15.0 Å². The van der Waals surface area contributed by atoms with Gasteiger partial charge in [-0.1, -0.05) is 0 Å². The van der Waals surface area contributed by atoms with Gasteiger partial charge in [-0.25, -0.2) is 8.42 Å². The van der Waals surface area contributed by atoms with E-state index in [4.69, 9.17) is 0 Å². The van der Waals surface area contributed by atoms with Crippen LogP contribution in [0.5, 0.6) is 0 Å². The molecule has 0 atom stereocenters.